The minimum Gasteiger partial charge on any atom is -0.497 e. The number of rotatable bonds is 4. The molecule has 0 saturated heterocycles. The summed E-state index contributed by atoms with van der Waals surface area (Å²) in [6.07, 6.45) is -4.51. The monoisotopic (exact) mass is 482 g/mol. The van der Waals surface area contributed by atoms with Crippen molar-refractivity contribution in [3.63, 3.8) is 0 Å². The normalized spacial score (nSPS) is 11.9. The van der Waals surface area contributed by atoms with Crippen molar-refractivity contribution in [2.45, 2.75) is 12.7 Å². The van der Waals surface area contributed by atoms with Crippen LogP contribution in [0, 0.1) is 0 Å². The molecule has 2 heterocycles. The molecule has 5 aromatic rings. The molecule has 172 valence electrons. The number of nitrogens with zero attached hydrogens (tertiary/aromatic N) is 2. The smallest absolute Gasteiger partial charge is 0.416 e. The van der Waals surface area contributed by atoms with Gasteiger partial charge in [-0.05, 0) is 48.0 Å². The van der Waals surface area contributed by atoms with E-state index in [4.69, 9.17) is 4.74 Å². The number of benzene rings is 3. The fourth-order valence-electron chi connectivity index (χ4n) is 3.98. The lowest BCUT2D eigenvalue weighted by Gasteiger charge is -2.14. The summed E-state index contributed by atoms with van der Waals surface area (Å²) >= 11 is 1.25. The average Bonchev–Trinajstić information content (AvgIpc) is 3.22. The number of thiophene rings is 1. The fourth-order valence-corrected chi connectivity index (χ4v) is 5.12. The topological polar surface area (TPSA) is 53.2 Å². The zero-order chi connectivity index (χ0) is 24.0. The number of methoxy groups -OCH3 is 1. The molecule has 0 spiro atoms. The van der Waals surface area contributed by atoms with Crippen LogP contribution in [0.2, 0.25) is 0 Å². The Morgan fingerprint density at radius 3 is 2.38 bits per heavy atom. The molecule has 0 fully saturated rings. The van der Waals surface area contributed by atoms with Crippen LogP contribution in [0.25, 0.3) is 26.0 Å². The number of hydrogen-bond acceptors (Lipinski definition) is 4. The van der Waals surface area contributed by atoms with E-state index in [2.05, 4.69) is 0 Å². The zero-order valence-corrected chi connectivity index (χ0v) is 18.6. The minimum absolute atomic E-state index is 0.129. The second kappa shape index (κ2) is 8.18. The van der Waals surface area contributed by atoms with E-state index < -0.39 is 23.0 Å². The minimum atomic E-state index is -4.51. The highest BCUT2D eigenvalue weighted by molar-refractivity contribution is 7.25. The molecular formula is C25H17F3N2O3S. The quantitative estimate of drug-likeness (QED) is 0.343. The van der Waals surface area contributed by atoms with Crippen molar-refractivity contribution in [2.24, 2.45) is 0 Å². The van der Waals surface area contributed by atoms with E-state index in [1.807, 2.05) is 12.1 Å². The van der Waals surface area contributed by atoms with Crippen LogP contribution in [0.4, 0.5) is 13.2 Å². The number of ether oxygens (including phenoxy) is 1. The number of fused-ring (bicyclic) bond motifs is 3. The summed E-state index contributed by atoms with van der Waals surface area (Å²) in [6.45, 7) is -0.129. The predicted molar refractivity (Wildman–Crippen MR) is 126 cm³/mol. The first-order chi connectivity index (χ1) is 16.3. The molecule has 0 saturated carbocycles. The number of hydrogen-bond donors (Lipinski definition) is 0. The highest BCUT2D eigenvalue weighted by atomic mass is 32.1. The van der Waals surface area contributed by atoms with E-state index in [-0.39, 0.29) is 6.54 Å². The molecule has 3 aromatic carbocycles. The van der Waals surface area contributed by atoms with Crippen molar-refractivity contribution in [1.82, 2.24) is 9.13 Å². The van der Waals surface area contributed by atoms with Gasteiger partial charge in [-0.2, -0.15) is 13.2 Å². The Morgan fingerprint density at radius 2 is 1.68 bits per heavy atom. The van der Waals surface area contributed by atoms with E-state index in [1.54, 1.807) is 36.4 Å². The van der Waals surface area contributed by atoms with Crippen molar-refractivity contribution >= 4 is 31.6 Å². The lowest BCUT2D eigenvalue weighted by atomic mass is 10.1. The van der Waals surface area contributed by atoms with E-state index in [0.717, 1.165) is 21.4 Å². The molecule has 0 aliphatic carbocycles. The molecule has 0 N–H and O–H groups in total. The van der Waals surface area contributed by atoms with Gasteiger partial charge in [0.1, 0.15) is 10.4 Å². The van der Waals surface area contributed by atoms with Gasteiger partial charge < -0.3 is 4.74 Å². The van der Waals surface area contributed by atoms with Gasteiger partial charge in [0.2, 0.25) is 0 Å². The van der Waals surface area contributed by atoms with Crippen molar-refractivity contribution in [1.29, 1.82) is 0 Å². The van der Waals surface area contributed by atoms with Crippen LogP contribution in [0.15, 0.2) is 82.4 Å². The summed E-state index contributed by atoms with van der Waals surface area (Å²) < 4.78 is 48.6. The molecule has 2 aromatic heterocycles. The average molecular weight is 482 g/mol. The second-order valence-electron chi connectivity index (χ2n) is 7.68. The van der Waals surface area contributed by atoms with Gasteiger partial charge in [-0.15, -0.1) is 11.3 Å². The summed E-state index contributed by atoms with van der Waals surface area (Å²) in [5, 5.41) is 0.700. The van der Waals surface area contributed by atoms with Gasteiger partial charge in [-0.1, -0.05) is 30.3 Å². The first-order valence-electron chi connectivity index (χ1n) is 10.3. The van der Waals surface area contributed by atoms with Crippen molar-refractivity contribution in [2.75, 3.05) is 7.11 Å². The summed E-state index contributed by atoms with van der Waals surface area (Å²) in [5.41, 5.74) is -0.859. The van der Waals surface area contributed by atoms with Crippen LogP contribution >= 0.6 is 11.3 Å². The molecule has 9 heteroatoms. The maximum Gasteiger partial charge on any atom is 0.416 e. The van der Waals surface area contributed by atoms with Crippen LogP contribution in [0.3, 0.4) is 0 Å². The van der Waals surface area contributed by atoms with E-state index >= 15 is 0 Å². The van der Waals surface area contributed by atoms with Gasteiger partial charge in [-0.25, -0.2) is 9.36 Å². The first-order valence-corrected chi connectivity index (χ1v) is 11.1. The molecule has 0 aliphatic rings. The molecule has 0 atom stereocenters. The molecule has 34 heavy (non-hydrogen) atoms. The van der Waals surface area contributed by atoms with Crippen molar-refractivity contribution < 1.29 is 17.9 Å². The number of aromatic nitrogens is 2. The van der Waals surface area contributed by atoms with Crippen LogP contribution in [-0.2, 0) is 12.7 Å². The van der Waals surface area contributed by atoms with Crippen LogP contribution in [0.1, 0.15) is 11.1 Å². The predicted octanol–water partition coefficient (Wildman–Crippen LogP) is 5.44. The van der Waals surface area contributed by atoms with Crippen molar-refractivity contribution in [3.05, 3.63) is 105 Å². The Morgan fingerprint density at radius 1 is 0.941 bits per heavy atom. The van der Waals surface area contributed by atoms with Crippen molar-refractivity contribution in [3.8, 4) is 11.4 Å². The third-order valence-corrected chi connectivity index (χ3v) is 6.73. The standard InChI is InChI=1S/C25H17F3N2O3S/c1-33-18-11-9-17(10-12-18)30-23(31)22-21(19-7-2-3-8-20(19)34-22)29(24(30)32)14-15-5-4-6-16(13-15)25(26,27)28/h2-13H,14H2,1H3. The van der Waals surface area contributed by atoms with E-state index in [1.165, 1.54) is 35.1 Å². The Labute approximate surface area is 194 Å². The summed E-state index contributed by atoms with van der Waals surface area (Å²) in [6, 6.07) is 18.6. The summed E-state index contributed by atoms with van der Waals surface area (Å²) in [7, 11) is 1.51. The molecule has 5 nitrogen and oxygen atoms in total. The Kier molecular flexibility index (Phi) is 5.28. The fraction of sp³-hybridized carbons (Fsp3) is 0.120. The van der Waals surface area contributed by atoms with Crippen LogP contribution < -0.4 is 16.0 Å². The highest BCUT2D eigenvalue weighted by Crippen LogP contribution is 2.32. The second-order valence-corrected chi connectivity index (χ2v) is 8.73. The maximum atomic E-state index is 13.7. The van der Waals surface area contributed by atoms with Gasteiger partial charge in [0.15, 0.2) is 0 Å². The molecule has 0 unspecified atom stereocenters. The van der Waals surface area contributed by atoms with Gasteiger partial charge in [-0.3, -0.25) is 9.36 Å². The van der Waals surface area contributed by atoms with Gasteiger partial charge in [0.25, 0.3) is 5.56 Å². The lowest BCUT2D eigenvalue weighted by Crippen LogP contribution is -2.38. The van der Waals surface area contributed by atoms with Gasteiger partial charge in [0.05, 0.1) is 30.4 Å². The molecular weight excluding hydrogens is 465 g/mol. The zero-order valence-electron chi connectivity index (χ0n) is 17.8. The van der Waals surface area contributed by atoms with E-state index in [9.17, 15) is 22.8 Å². The third kappa shape index (κ3) is 3.67. The number of alkyl halides is 3. The molecule has 0 aliphatic heterocycles. The van der Waals surface area contributed by atoms with Gasteiger partial charge in [0, 0.05) is 10.1 Å². The van der Waals surface area contributed by atoms with E-state index in [0.29, 0.717) is 32.6 Å². The molecule has 5 rings (SSSR count). The number of halogens is 3. The molecule has 0 radical (unpaired) electrons. The highest BCUT2D eigenvalue weighted by Gasteiger charge is 2.30. The third-order valence-electron chi connectivity index (χ3n) is 5.58. The Hall–Kier alpha value is -3.85. The maximum absolute atomic E-state index is 13.7. The Bertz CT molecular complexity index is 1650. The van der Waals surface area contributed by atoms with Gasteiger partial charge >= 0.3 is 11.9 Å². The lowest BCUT2D eigenvalue weighted by molar-refractivity contribution is -0.137. The summed E-state index contributed by atoms with van der Waals surface area (Å²) in [4.78, 5) is 27.1. The molecule has 0 bridgehead atoms. The first kappa shape index (κ1) is 22.0. The largest absolute Gasteiger partial charge is 0.497 e. The molecule has 0 amide bonds. The van der Waals surface area contributed by atoms with Crippen LogP contribution in [0.5, 0.6) is 5.75 Å². The summed E-state index contributed by atoms with van der Waals surface area (Å²) in [5.74, 6) is 0.559. The SMILES string of the molecule is COc1ccc(-n2c(=O)c3sc4ccccc4c3n(Cc3cccc(C(F)(F)F)c3)c2=O)cc1. The Balaban J connectivity index is 1.80. The van der Waals surface area contributed by atoms with Crippen LogP contribution in [-0.4, -0.2) is 16.2 Å².